The molecule has 1 aliphatic rings. The maximum absolute atomic E-state index is 11.4. The molecule has 1 N–H and O–H groups in total. The molecule has 1 aromatic heterocycles. The Kier molecular flexibility index (Phi) is 4.17. The highest BCUT2D eigenvalue weighted by Crippen LogP contribution is 2.13. The molecule has 5 nitrogen and oxygen atoms in total. The second-order valence-electron chi connectivity index (χ2n) is 4.03. The molecular formula is C12H17NO4. The molecule has 0 radical (unpaired) electrons. The van der Waals surface area contributed by atoms with E-state index in [0.717, 1.165) is 31.6 Å². The first-order chi connectivity index (χ1) is 8.31. The van der Waals surface area contributed by atoms with Crippen molar-refractivity contribution in [3.05, 3.63) is 23.7 Å². The van der Waals surface area contributed by atoms with Crippen LogP contribution in [0.5, 0.6) is 0 Å². The maximum atomic E-state index is 11.4. The number of ether oxygens (including phenoxy) is 2. The lowest BCUT2D eigenvalue weighted by atomic mass is 10.1. The zero-order valence-electron chi connectivity index (χ0n) is 9.90. The van der Waals surface area contributed by atoms with Gasteiger partial charge in [-0.25, -0.2) is 4.79 Å². The van der Waals surface area contributed by atoms with Crippen molar-refractivity contribution in [3.8, 4) is 0 Å². The molecule has 17 heavy (non-hydrogen) atoms. The van der Waals surface area contributed by atoms with E-state index >= 15 is 0 Å². The normalized spacial score (nSPS) is 17.0. The quantitative estimate of drug-likeness (QED) is 0.803. The average Bonchev–Trinajstić information content (AvgIpc) is 2.85. The molecule has 0 saturated carbocycles. The molecule has 1 saturated heterocycles. The van der Waals surface area contributed by atoms with Crippen molar-refractivity contribution in [2.24, 2.45) is 0 Å². The summed E-state index contributed by atoms with van der Waals surface area (Å²) in [5.74, 6) is -0.147. The van der Waals surface area contributed by atoms with Crippen molar-refractivity contribution in [2.45, 2.75) is 25.4 Å². The number of esters is 1. The van der Waals surface area contributed by atoms with E-state index in [9.17, 15) is 4.79 Å². The number of hydrogen-bond donors (Lipinski definition) is 1. The Labute approximate surface area is 100 Å². The molecule has 1 fully saturated rings. The highest BCUT2D eigenvalue weighted by molar-refractivity contribution is 5.87. The van der Waals surface area contributed by atoms with Crippen molar-refractivity contribution in [2.75, 3.05) is 20.3 Å². The van der Waals surface area contributed by atoms with Crippen molar-refractivity contribution in [1.82, 2.24) is 5.32 Å². The van der Waals surface area contributed by atoms with Gasteiger partial charge in [-0.05, 0) is 18.9 Å². The topological polar surface area (TPSA) is 60.7 Å². The van der Waals surface area contributed by atoms with Gasteiger partial charge in [0.05, 0.1) is 13.4 Å². The predicted molar refractivity (Wildman–Crippen MR) is 60.7 cm³/mol. The van der Waals surface area contributed by atoms with E-state index in [1.165, 1.54) is 13.4 Å². The third-order valence-electron chi connectivity index (χ3n) is 2.92. The summed E-state index contributed by atoms with van der Waals surface area (Å²) >= 11 is 0. The highest BCUT2D eigenvalue weighted by Gasteiger charge is 2.18. The molecule has 0 atom stereocenters. The first-order valence-corrected chi connectivity index (χ1v) is 5.77. The van der Waals surface area contributed by atoms with Crippen LogP contribution < -0.4 is 5.32 Å². The Hall–Kier alpha value is -1.33. The summed E-state index contributed by atoms with van der Waals surface area (Å²) in [7, 11) is 1.35. The number of methoxy groups -OCH3 is 1. The van der Waals surface area contributed by atoms with Crippen LogP contribution in [-0.4, -0.2) is 32.3 Å². The van der Waals surface area contributed by atoms with E-state index in [-0.39, 0.29) is 5.76 Å². The van der Waals surface area contributed by atoms with Crippen LogP contribution in [-0.2, 0) is 16.0 Å². The molecule has 0 spiro atoms. The molecule has 0 amide bonds. The SMILES string of the molecule is COC(=O)c1occc1CNC1CCOCC1. The van der Waals surface area contributed by atoms with E-state index in [0.29, 0.717) is 12.6 Å². The second kappa shape index (κ2) is 5.84. The highest BCUT2D eigenvalue weighted by atomic mass is 16.5. The number of nitrogens with one attached hydrogen (secondary N) is 1. The van der Waals surface area contributed by atoms with E-state index in [1.807, 2.05) is 0 Å². The Morgan fingerprint density at radius 3 is 3.00 bits per heavy atom. The van der Waals surface area contributed by atoms with Crippen LogP contribution in [0, 0.1) is 0 Å². The van der Waals surface area contributed by atoms with Gasteiger partial charge in [-0.15, -0.1) is 0 Å². The maximum Gasteiger partial charge on any atom is 0.374 e. The van der Waals surface area contributed by atoms with E-state index in [2.05, 4.69) is 10.1 Å². The predicted octanol–water partition coefficient (Wildman–Crippen LogP) is 1.33. The van der Waals surface area contributed by atoms with Gasteiger partial charge in [-0.2, -0.15) is 0 Å². The van der Waals surface area contributed by atoms with Crippen molar-refractivity contribution in [3.63, 3.8) is 0 Å². The Bertz CT molecular complexity index is 368. The molecule has 1 aromatic rings. The molecule has 2 heterocycles. The number of hydrogen-bond acceptors (Lipinski definition) is 5. The zero-order valence-corrected chi connectivity index (χ0v) is 9.90. The third-order valence-corrected chi connectivity index (χ3v) is 2.92. The summed E-state index contributed by atoms with van der Waals surface area (Å²) in [4.78, 5) is 11.4. The summed E-state index contributed by atoms with van der Waals surface area (Å²) in [6.45, 7) is 2.21. The third kappa shape index (κ3) is 3.08. The number of carbonyl (C=O) groups is 1. The summed E-state index contributed by atoms with van der Waals surface area (Å²) in [5.41, 5.74) is 0.836. The molecule has 1 aliphatic heterocycles. The molecule has 0 bridgehead atoms. The van der Waals surface area contributed by atoms with Gasteiger partial charge in [-0.3, -0.25) is 0 Å². The van der Waals surface area contributed by atoms with E-state index in [1.54, 1.807) is 6.07 Å². The van der Waals surface area contributed by atoms with Gasteiger partial charge in [0.2, 0.25) is 5.76 Å². The van der Waals surface area contributed by atoms with Crippen LogP contribution in [0.2, 0.25) is 0 Å². The van der Waals surface area contributed by atoms with Gasteiger partial charge < -0.3 is 19.2 Å². The van der Waals surface area contributed by atoms with Crippen LogP contribution >= 0.6 is 0 Å². The van der Waals surface area contributed by atoms with Gasteiger partial charge in [0.15, 0.2) is 0 Å². The summed E-state index contributed by atoms with van der Waals surface area (Å²) in [6, 6.07) is 2.24. The number of furan rings is 1. The lowest BCUT2D eigenvalue weighted by Crippen LogP contribution is -2.34. The zero-order chi connectivity index (χ0) is 12.1. The van der Waals surface area contributed by atoms with Gasteiger partial charge in [0.25, 0.3) is 0 Å². The minimum absolute atomic E-state index is 0.284. The molecule has 0 aliphatic carbocycles. The minimum atomic E-state index is -0.432. The molecule has 2 rings (SSSR count). The van der Waals surface area contributed by atoms with Gasteiger partial charge in [0, 0.05) is 31.4 Å². The van der Waals surface area contributed by atoms with E-state index in [4.69, 9.17) is 9.15 Å². The number of rotatable bonds is 4. The fraction of sp³-hybridized carbons (Fsp3) is 0.583. The Morgan fingerprint density at radius 2 is 2.29 bits per heavy atom. The van der Waals surface area contributed by atoms with Crippen molar-refractivity contribution in [1.29, 1.82) is 0 Å². The molecular weight excluding hydrogens is 222 g/mol. The molecule has 0 unspecified atom stereocenters. The average molecular weight is 239 g/mol. The van der Waals surface area contributed by atoms with Gasteiger partial charge >= 0.3 is 5.97 Å². The number of carbonyl (C=O) groups excluding carboxylic acids is 1. The fourth-order valence-corrected chi connectivity index (χ4v) is 1.90. The Balaban J connectivity index is 1.89. The second-order valence-corrected chi connectivity index (χ2v) is 4.03. The van der Waals surface area contributed by atoms with E-state index < -0.39 is 5.97 Å². The van der Waals surface area contributed by atoms with Crippen LogP contribution in [0.1, 0.15) is 29.0 Å². The first kappa shape index (κ1) is 12.1. The lowest BCUT2D eigenvalue weighted by Gasteiger charge is -2.23. The lowest BCUT2D eigenvalue weighted by molar-refractivity contribution is 0.0561. The van der Waals surface area contributed by atoms with Gasteiger partial charge in [0.1, 0.15) is 0 Å². The first-order valence-electron chi connectivity index (χ1n) is 5.77. The van der Waals surface area contributed by atoms with Crippen LogP contribution in [0.4, 0.5) is 0 Å². The minimum Gasteiger partial charge on any atom is -0.463 e. The molecule has 0 aromatic carbocycles. The van der Waals surface area contributed by atoms with Crippen LogP contribution in [0.15, 0.2) is 16.7 Å². The largest absolute Gasteiger partial charge is 0.463 e. The summed E-state index contributed by atoms with van der Waals surface area (Å²) < 4.78 is 15.0. The van der Waals surface area contributed by atoms with Gasteiger partial charge in [-0.1, -0.05) is 0 Å². The molecule has 94 valence electrons. The van der Waals surface area contributed by atoms with Crippen molar-refractivity contribution >= 4 is 5.97 Å². The molecule has 5 heteroatoms. The van der Waals surface area contributed by atoms with Crippen LogP contribution in [0.25, 0.3) is 0 Å². The monoisotopic (exact) mass is 239 g/mol. The van der Waals surface area contributed by atoms with Crippen LogP contribution in [0.3, 0.4) is 0 Å². The Morgan fingerprint density at radius 1 is 1.53 bits per heavy atom. The summed E-state index contributed by atoms with van der Waals surface area (Å²) in [6.07, 6.45) is 3.52. The van der Waals surface area contributed by atoms with Crippen molar-refractivity contribution < 1.29 is 18.7 Å². The summed E-state index contributed by atoms with van der Waals surface area (Å²) in [5, 5.41) is 3.40. The smallest absolute Gasteiger partial charge is 0.374 e. The standard InChI is InChI=1S/C12H17NO4/c1-15-12(14)11-9(2-7-17-11)8-13-10-3-5-16-6-4-10/h2,7,10,13H,3-6,8H2,1H3. The fourth-order valence-electron chi connectivity index (χ4n) is 1.90.